The fraction of sp³-hybridized carbons (Fsp3) is 0. The first kappa shape index (κ1) is 9.71. The highest BCUT2D eigenvalue weighted by atomic mass is 35.5. The Hall–Kier alpha value is -1.29. The molecule has 0 bridgehead atoms. The summed E-state index contributed by atoms with van der Waals surface area (Å²) in [6.45, 7) is 0. The number of anilines is 1. The van der Waals surface area contributed by atoms with Gasteiger partial charge in [-0.1, -0.05) is 17.2 Å². The Balaban J connectivity index is 0.000001000. The topological polar surface area (TPSA) is 64.9 Å². The van der Waals surface area contributed by atoms with E-state index in [1.54, 1.807) is 24.3 Å². The van der Waals surface area contributed by atoms with Crippen LogP contribution in [0.5, 0.6) is 0 Å². The van der Waals surface area contributed by atoms with E-state index in [0.29, 0.717) is 5.82 Å². The first-order valence-corrected chi connectivity index (χ1v) is 2.75. The molecule has 0 saturated carbocycles. The van der Waals surface area contributed by atoms with E-state index < -0.39 is 0 Å². The second kappa shape index (κ2) is 5.49. The predicted molar refractivity (Wildman–Crippen MR) is 43.6 cm³/mol. The smallest absolute Gasteiger partial charge is 0.149 e. The van der Waals surface area contributed by atoms with Crippen molar-refractivity contribution in [2.24, 2.45) is 0 Å². The second-order valence-electron chi connectivity index (χ2n) is 1.59. The molecule has 60 valence electrons. The third kappa shape index (κ3) is 4.16. The van der Waals surface area contributed by atoms with Crippen LogP contribution in [-0.2, 0) is 0 Å². The molecular formula is C6H8ClN3O. The maximum atomic E-state index is 5.32. The fourth-order valence-electron chi connectivity index (χ4n) is 0.430. The molecule has 0 aromatic carbocycles. The van der Waals surface area contributed by atoms with Crippen LogP contribution >= 0.6 is 12.4 Å². The number of halogens is 1. The lowest BCUT2D eigenvalue weighted by Crippen LogP contribution is -1.86. The highest BCUT2D eigenvalue weighted by Gasteiger charge is 1.73. The van der Waals surface area contributed by atoms with Crippen LogP contribution in [0.15, 0.2) is 35.1 Å². The minimum Gasteiger partial charge on any atom is -0.382 e. The molecule has 4 nitrogen and oxygen atoms in total. The third-order valence-electron chi connectivity index (χ3n) is 0.832. The highest BCUT2D eigenvalue weighted by Crippen LogP contribution is 1.85. The van der Waals surface area contributed by atoms with Crippen molar-refractivity contribution < 1.29 is 4.52 Å². The van der Waals surface area contributed by atoms with Crippen LogP contribution in [0.4, 0.5) is 5.82 Å². The van der Waals surface area contributed by atoms with E-state index in [0.717, 1.165) is 0 Å². The molecule has 0 aliphatic heterocycles. The van der Waals surface area contributed by atoms with Crippen molar-refractivity contribution in [1.29, 1.82) is 0 Å². The summed E-state index contributed by atoms with van der Waals surface area (Å²) in [5.41, 5.74) is 5.32. The summed E-state index contributed by atoms with van der Waals surface area (Å²) in [7, 11) is 0. The molecule has 0 aliphatic rings. The number of nitrogens with two attached hydrogens (primary N) is 1. The number of aromatic nitrogens is 2. The summed E-state index contributed by atoms with van der Waals surface area (Å²) in [5.74, 6) is 0.319. The Labute approximate surface area is 70.1 Å². The summed E-state index contributed by atoms with van der Waals surface area (Å²) >= 11 is 0. The molecule has 2 N–H and O–H groups in total. The fourth-order valence-corrected chi connectivity index (χ4v) is 0.430. The van der Waals surface area contributed by atoms with Crippen molar-refractivity contribution in [2.75, 3.05) is 5.73 Å². The lowest BCUT2D eigenvalue weighted by atomic mass is 10.5. The number of rotatable bonds is 0. The maximum absolute atomic E-state index is 5.32. The van der Waals surface area contributed by atoms with Gasteiger partial charge in [-0.15, -0.1) is 12.4 Å². The van der Waals surface area contributed by atoms with Gasteiger partial charge in [-0.05, 0) is 12.1 Å². The van der Waals surface area contributed by atoms with Crippen LogP contribution in [0.1, 0.15) is 0 Å². The monoisotopic (exact) mass is 173 g/mol. The van der Waals surface area contributed by atoms with Crippen LogP contribution in [0.2, 0.25) is 0 Å². The molecule has 1 aromatic heterocycles. The summed E-state index contributed by atoms with van der Waals surface area (Å²) in [6, 6.07) is 6.83. The van der Waals surface area contributed by atoms with Gasteiger partial charge in [-0.2, -0.15) is 0 Å². The van der Waals surface area contributed by atoms with E-state index in [4.69, 9.17) is 5.73 Å². The van der Waals surface area contributed by atoms with Crippen LogP contribution in [0.25, 0.3) is 0 Å². The zero-order chi connectivity index (χ0) is 7.23. The van der Waals surface area contributed by atoms with Crippen molar-refractivity contribution >= 4 is 18.2 Å². The molecule has 0 spiro atoms. The molecule has 1 aromatic rings. The Morgan fingerprint density at radius 3 is 2.91 bits per heavy atom. The highest BCUT2D eigenvalue weighted by molar-refractivity contribution is 5.85. The van der Waals surface area contributed by atoms with Gasteiger partial charge in [0.1, 0.15) is 12.1 Å². The van der Waals surface area contributed by atoms with Gasteiger partial charge in [0.15, 0.2) is 0 Å². The van der Waals surface area contributed by atoms with E-state index in [-0.39, 0.29) is 12.4 Å². The SMILES string of the molecule is Cl.Nc1ccccconn1. The third-order valence-corrected chi connectivity index (χ3v) is 0.832. The average molecular weight is 174 g/mol. The van der Waals surface area contributed by atoms with Gasteiger partial charge in [0, 0.05) is 5.27 Å². The zero-order valence-corrected chi connectivity index (χ0v) is 6.49. The molecule has 0 atom stereocenters. The lowest BCUT2D eigenvalue weighted by Gasteiger charge is -1.75. The van der Waals surface area contributed by atoms with Gasteiger partial charge in [0.2, 0.25) is 0 Å². The lowest BCUT2D eigenvalue weighted by molar-refractivity contribution is 0.368. The van der Waals surface area contributed by atoms with E-state index in [1.807, 2.05) is 0 Å². The average Bonchev–Trinajstić information content (AvgIpc) is 2.02. The van der Waals surface area contributed by atoms with Crippen molar-refractivity contribution in [3.05, 3.63) is 30.5 Å². The maximum Gasteiger partial charge on any atom is 0.149 e. The summed E-state index contributed by atoms with van der Waals surface area (Å²) in [5, 5.41) is 6.76. The van der Waals surface area contributed by atoms with Crippen LogP contribution in [-0.4, -0.2) is 10.4 Å². The summed E-state index contributed by atoms with van der Waals surface area (Å²) in [6.07, 6.45) is 1.41. The first-order valence-electron chi connectivity index (χ1n) is 2.75. The Bertz CT molecular complexity index is 225. The molecular weight excluding hydrogens is 166 g/mol. The molecule has 1 heterocycles. The van der Waals surface area contributed by atoms with Crippen LogP contribution in [0, 0.1) is 0 Å². The van der Waals surface area contributed by atoms with E-state index >= 15 is 0 Å². The molecule has 11 heavy (non-hydrogen) atoms. The normalized spacial score (nSPS) is 7.64. The summed E-state index contributed by atoms with van der Waals surface area (Å²) < 4.78 is 4.53. The molecule has 1 rings (SSSR count). The number of nitrogen functional groups attached to an aromatic ring is 1. The van der Waals surface area contributed by atoms with Gasteiger partial charge in [0.05, 0.1) is 0 Å². The Kier molecular flexibility index (Phi) is 4.85. The quantitative estimate of drug-likeness (QED) is 0.640. The predicted octanol–water partition coefficient (Wildman–Crippen LogP) is 1.20. The van der Waals surface area contributed by atoms with Crippen molar-refractivity contribution in [2.45, 2.75) is 0 Å². The first-order chi connectivity index (χ1) is 4.89. The van der Waals surface area contributed by atoms with E-state index in [9.17, 15) is 0 Å². The number of nitrogens with zero attached hydrogens (tertiary/aromatic N) is 2. The number of hydrogen-bond donors (Lipinski definition) is 1. The van der Waals surface area contributed by atoms with Crippen molar-refractivity contribution in [1.82, 2.24) is 10.4 Å². The van der Waals surface area contributed by atoms with Gasteiger partial charge in [0.25, 0.3) is 0 Å². The van der Waals surface area contributed by atoms with Crippen LogP contribution < -0.4 is 5.73 Å². The van der Waals surface area contributed by atoms with E-state index in [1.165, 1.54) is 6.26 Å². The van der Waals surface area contributed by atoms with Gasteiger partial charge in [-0.25, -0.2) is 0 Å². The Morgan fingerprint density at radius 1 is 1.27 bits per heavy atom. The van der Waals surface area contributed by atoms with Crippen LogP contribution in [0.3, 0.4) is 0 Å². The van der Waals surface area contributed by atoms with Crippen molar-refractivity contribution in [3.8, 4) is 0 Å². The minimum atomic E-state index is 0. The minimum absolute atomic E-state index is 0. The van der Waals surface area contributed by atoms with E-state index in [2.05, 4.69) is 14.9 Å². The van der Waals surface area contributed by atoms with Crippen molar-refractivity contribution in [3.63, 3.8) is 0 Å². The molecule has 0 unspecified atom stereocenters. The zero-order valence-electron chi connectivity index (χ0n) is 5.68. The molecule has 0 aliphatic carbocycles. The summed E-state index contributed by atoms with van der Waals surface area (Å²) in [4.78, 5) is 0. The second-order valence-corrected chi connectivity index (χ2v) is 1.59. The standard InChI is InChI=1S/C6H7N3O.ClH/c7-6-4-2-1-3-5-10-9-8-6;/h1-5H,7H2;1H. The molecule has 0 saturated heterocycles. The van der Waals surface area contributed by atoms with Gasteiger partial charge >= 0.3 is 0 Å². The van der Waals surface area contributed by atoms with Gasteiger partial charge in [-0.3, -0.25) is 0 Å². The molecule has 0 fully saturated rings. The van der Waals surface area contributed by atoms with Gasteiger partial charge < -0.3 is 10.3 Å². The largest absolute Gasteiger partial charge is 0.382 e. The number of hydrogen-bond acceptors (Lipinski definition) is 4. The Morgan fingerprint density at radius 2 is 2.09 bits per heavy atom. The molecule has 5 heteroatoms. The molecule has 0 radical (unpaired) electrons. The molecule has 0 amide bonds.